The SMILES string of the molecule is CN1C=CSC(N=Nc2ccc3c(c2)OCCN3C)=I1. The van der Waals surface area contributed by atoms with E-state index in [-0.39, 0.29) is 21.0 Å². The minimum absolute atomic E-state index is 0.204. The molecule has 1 aromatic rings. The summed E-state index contributed by atoms with van der Waals surface area (Å²) >= 11 is 1.46. The van der Waals surface area contributed by atoms with Crippen molar-refractivity contribution in [2.75, 3.05) is 32.1 Å². The van der Waals surface area contributed by atoms with Gasteiger partial charge in [-0.05, 0) is 17.5 Å². The Kier molecular flexibility index (Phi) is 4.25. The Morgan fingerprint density at radius 3 is 3.05 bits per heavy atom. The van der Waals surface area contributed by atoms with Crippen molar-refractivity contribution in [1.29, 1.82) is 0 Å². The highest BCUT2D eigenvalue weighted by Gasteiger charge is 2.14. The molecule has 0 aromatic heterocycles. The molecule has 2 aliphatic rings. The van der Waals surface area contributed by atoms with Crippen molar-refractivity contribution in [3.8, 4) is 5.75 Å². The van der Waals surface area contributed by atoms with Crippen molar-refractivity contribution in [3.05, 3.63) is 29.8 Å². The number of hydrogen-bond donors (Lipinski definition) is 0. The van der Waals surface area contributed by atoms with Gasteiger partial charge in [-0.15, -0.1) is 10.2 Å². The standard InChI is InChI=1S/C13H15IN4OS/c1-17-5-7-19-12-9-10(3-4-11(12)17)15-16-13-14-18(2)6-8-20-13/h3-4,6,8-9H,5,7H2,1-2H3. The van der Waals surface area contributed by atoms with Gasteiger partial charge in [0.25, 0.3) is 0 Å². The smallest absolute Gasteiger partial charge is 0.172 e. The highest BCUT2D eigenvalue weighted by molar-refractivity contribution is 14.2. The first-order valence-electron chi connectivity index (χ1n) is 6.20. The fraction of sp³-hybridized carbons (Fsp3) is 0.308. The van der Waals surface area contributed by atoms with Gasteiger partial charge in [0.1, 0.15) is 12.4 Å². The van der Waals surface area contributed by atoms with E-state index in [9.17, 15) is 0 Å². The van der Waals surface area contributed by atoms with Crippen LogP contribution in [0.1, 0.15) is 0 Å². The monoisotopic (exact) mass is 402 g/mol. The van der Waals surface area contributed by atoms with Crippen molar-refractivity contribution in [2.45, 2.75) is 0 Å². The van der Waals surface area contributed by atoms with Crippen LogP contribution in [0, 0.1) is 0 Å². The zero-order chi connectivity index (χ0) is 13.9. The maximum atomic E-state index is 5.68. The summed E-state index contributed by atoms with van der Waals surface area (Å²) in [6.45, 7) is 1.64. The molecule has 0 atom stereocenters. The zero-order valence-corrected chi connectivity index (χ0v) is 14.3. The fourth-order valence-corrected chi connectivity index (χ4v) is 5.27. The molecule has 20 heavy (non-hydrogen) atoms. The van der Waals surface area contributed by atoms with Crippen LogP contribution in [0.15, 0.2) is 40.0 Å². The van der Waals surface area contributed by atoms with Crippen LogP contribution in [0.4, 0.5) is 11.4 Å². The number of halogens is 1. The summed E-state index contributed by atoms with van der Waals surface area (Å²) < 4.78 is 8.97. The van der Waals surface area contributed by atoms with Crippen LogP contribution in [0.25, 0.3) is 0 Å². The Balaban J connectivity index is 1.78. The molecule has 2 aliphatic heterocycles. The number of thioether (sulfide) groups is 1. The lowest BCUT2D eigenvalue weighted by Gasteiger charge is -2.27. The largest absolute Gasteiger partial charge is 0.489 e. The zero-order valence-electron chi connectivity index (χ0n) is 11.3. The average molecular weight is 402 g/mol. The first-order valence-corrected chi connectivity index (χ1v) is 9.12. The second-order valence-electron chi connectivity index (χ2n) is 4.39. The average Bonchev–Trinajstić information content (AvgIpc) is 2.45. The van der Waals surface area contributed by atoms with Crippen LogP contribution in [0.2, 0.25) is 0 Å². The molecule has 0 amide bonds. The Labute approximate surface area is 132 Å². The molecule has 0 N–H and O–H groups in total. The lowest BCUT2D eigenvalue weighted by Crippen LogP contribution is -2.28. The van der Waals surface area contributed by atoms with Gasteiger partial charge in [-0.25, -0.2) is 0 Å². The number of anilines is 1. The summed E-state index contributed by atoms with van der Waals surface area (Å²) in [6.07, 6.45) is 2.08. The normalized spacial score (nSPS) is 18.4. The third kappa shape index (κ3) is 3.14. The molecule has 0 fully saturated rings. The Morgan fingerprint density at radius 2 is 2.20 bits per heavy atom. The van der Waals surface area contributed by atoms with E-state index >= 15 is 0 Å². The molecule has 3 rings (SSSR count). The number of azo groups is 1. The molecule has 0 aliphatic carbocycles. The van der Waals surface area contributed by atoms with E-state index in [2.05, 4.69) is 38.5 Å². The number of benzene rings is 1. The van der Waals surface area contributed by atoms with Gasteiger partial charge in [0.2, 0.25) is 0 Å². The number of hydrogen-bond acceptors (Lipinski definition) is 6. The van der Waals surface area contributed by atoms with Crippen LogP contribution >= 0.6 is 32.8 Å². The first kappa shape index (κ1) is 13.9. The quantitative estimate of drug-likeness (QED) is 0.430. The van der Waals surface area contributed by atoms with E-state index < -0.39 is 0 Å². The molecule has 2 heterocycles. The van der Waals surface area contributed by atoms with Crippen LogP contribution in [-0.2, 0) is 0 Å². The van der Waals surface area contributed by atoms with Crippen molar-refractivity contribution in [3.63, 3.8) is 0 Å². The van der Waals surface area contributed by atoms with E-state index in [0.29, 0.717) is 0 Å². The van der Waals surface area contributed by atoms with Crippen LogP contribution < -0.4 is 9.64 Å². The molecule has 0 radical (unpaired) electrons. The molecule has 0 bridgehead atoms. The van der Waals surface area contributed by atoms with Gasteiger partial charge in [0.05, 0.1) is 17.9 Å². The molecular formula is C13H15IN4OS. The summed E-state index contributed by atoms with van der Waals surface area (Å²) in [5.41, 5.74) is 1.96. The van der Waals surface area contributed by atoms with Gasteiger partial charge in [-0.2, -0.15) is 0 Å². The number of likely N-dealkylation sites (N-methyl/N-ethyl adjacent to an activating group) is 1. The predicted molar refractivity (Wildman–Crippen MR) is 93.2 cm³/mol. The molecule has 1 aromatic carbocycles. The topological polar surface area (TPSA) is 40.4 Å². The minimum Gasteiger partial charge on any atom is -0.489 e. The molecule has 0 unspecified atom stereocenters. The third-order valence-corrected chi connectivity index (χ3v) is 6.39. The van der Waals surface area contributed by atoms with E-state index in [0.717, 1.165) is 33.2 Å². The van der Waals surface area contributed by atoms with Crippen LogP contribution in [0.3, 0.4) is 0 Å². The summed E-state index contributed by atoms with van der Waals surface area (Å²) in [5, 5.41) is 10.7. The highest BCUT2D eigenvalue weighted by Crippen LogP contribution is 2.34. The summed E-state index contributed by atoms with van der Waals surface area (Å²) in [5.74, 6) is 0.892. The summed E-state index contributed by atoms with van der Waals surface area (Å²) in [7, 11) is 4.14. The number of ether oxygens (including phenoxy) is 1. The van der Waals surface area contributed by atoms with E-state index in [4.69, 9.17) is 4.74 Å². The maximum absolute atomic E-state index is 5.68. The van der Waals surface area contributed by atoms with Gasteiger partial charge in [-0.3, -0.25) is 0 Å². The number of nitrogens with zero attached hydrogens (tertiary/aromatic N) is 4. The first-order chi connectivity index (χ1) is 9.72. The Morgan fingerprint density at radius 1 is 1.30 bits per heavy atom. The van der Waals surface area contributed by atoms with Gasteiger partial charge in [0.15, 0.2) is 2.96 Å². The maximum Gasteiger partial charge on any atom is 0.172 e. The minimum atomic E-state index is -0.204. The molecule has 0 saturated heterocycles. The second-order valence-corrected chi connectivity index (χ2v) is 9.04. The Hall–Kier alpha value is -1.09. The third-order valence-electron chi connectivity index (χ3n) is 2.92. The van der Waals surface area contributed by atoms with Gasteiger partial charge in [-0.1, -0.05) is 11.8 Å². The van der Waals surface area contributed by atoms with Gasteiger partial charge >= 0.3 is 0 Å². The van der Waals surface area contributed by atoms with Crippen molar-refractivity contribution in [1.82, 2.24) is 3.11 Å². The molecule has 0 spiro atoms. The lowest BCUT2D eigenvalue weighted by atomic mass is 10.2. The van der Waals surface area contributed by atoms with E-state index in [1.807, 2.05) is 23.6 Å². The van der Waals surface area contributed by atoms with Crippen molar-refractivity contribution in [2.24, 2.45) is 10.2 Å². The summed E-state index contributed by atoms with van der Waals surface area (Å²) in [6, 6.07) is 5.99. The molecule has 7 heteroatoms. The lowest BCUT2D eigenvalue weighted by molar-refractivity contribution is 0.311. The molecule has 106 valence electrons. The fourth-order valence-electron chi connectivity index (χ4n) is 1.88. The molecule has 0 saturated carbocycles. The van der Waals surface area contributed by atoms with Crippen LogP contribution in [0.5, 0.6) is 5.75 Å². The summed E-state index contributed by atoms with van der Waals surface area (Å²) in [4.78, 5) is 2.19. The number of rotatable bonds is 2. The van der Waals surface area contributed by atoms with Crippen molar-refractivity contribution < 1.29 is 4.74 Å². The number of fused-ring (bicyclic) bond motifs is 1. The molecular weight excluding hydrogens is 387 g/mol. The predicted octanol–water partition coefficient (Wildman–Crippen LogP) is 3.72. The van der Waals surface area contributed by atoms with Gasteiger partial charge in [0, 0.05) is 47.4 Å². The highest BCUT2D eigenvalue weighted by atomic mass is 127. The van der Waals surface area contributed by atoms with Gasteiger partial charge < -0.3 is 12.8 Å². The van der Waals surface area contributed by atoms with E-state index in [1.165, 1.54) is 0 Å². The second kappa shape index (κ2) is 6.13. The Bertz CT molecular complexity index is 602. The van der Waals surface area contributed by atoms with Crippen molar-refractivity contribution >= 4 is 47.1 Å². The van der Waals surface area contributed by atoms with Crippen LogP contribution in [-0.4, -0.2) is 33.3 Å². The molecule has 5 nitrogen and oxygen atoms in total. The van der Waals surface area contributed by atoms with E-state index in [1.54, 1.807) is 11.8 Å².